The molecule has 0 radical (unpaired) electrons. The van der Waals surface area contributed by atoms with Crippen molar-refractivity contribution in [1.82, 2.24) is 0 Å². The molecule has 0 saturated carbocycles. The van der Waals surface area contributed by atoms with Crippen LogP contribution in [0.5, 0.6) is 23.0 Å². The molecule has 3 nitrogen and oxygen atoms in total. The van der Waals surface area contributed by atoms with Crippen LogP contribution >= 0.6 is 0 Å². The molecular weight excluding hydrogens is 661 g/mol. The van der Waals surface area contributed by atoms with E-state index in [4.69, 9.17) is 14.2 Å². The van der Waals surface area contributed by atoms with Crippen molar-refractivity contribution in [2.24, 2.45) is 0 Å². The molecule has 1 aliphatic carbocycles. The maximum atomic E-state index is 6.97. The summed E-state index contributed by atoms with van der Waals surface area (Å²) in [4.78, 5) is 0. The Balaban J connectivity index is 1.12. The standard InChI is InChI=1S/C51H40O3/c1-31-13-19-41(21-33(31)3)52-29-35-15-17-37-27-49-47(25-39(37)23-35)51(45-11-7-5-9-43(45)44-10-6-8-12-46(44)51)48-26-40-24-36(16-18-38(40)28-50(48)54-49)30-53-42-20-14-32(2)34(4)22-42/h5-28H,29-30H2,1-4H3. The second kappa shape index (κ2) is 12.4. The Morgan fingerprint density at radius 1 is 0.407 bits per heavy atom. The van der Waals surface area contributed by atoms with Crippen LogP contribution in [0.2, 0.25) is 0 Å². The van der Waals surface area contributed by atoms with E-state index in [1.165, 1.54) is 44.5 Å². The molecule has 1 heterocycles. The summed E-state index contributed by atoms with van der Waals surface area (Å²) in [5, 5.41) is 4.59. The molecule has 3 heteroatoms. The summed E-state index contributed by atoms with van der Waals surface area (Å²) in [7, 11) is 0. The van der Waals surface area contributed by atoms with E-state index in [0.29, 0.717) is 13.2 Å². The summed E-state index contributed by atoms with van der Waals surface area (Å²) in [6.07, 6.45) is 0. The van der Waals surface area contributed by atoms with Gasteiger partial charge in [-0.3, -0.25) is 0 Å². The zero-order valence-corrected chi connectivity index (χ0v) is 31.0. The lowest BCUT2D eigenvalue weighted by Crippen LogP contribution is -2.32. The van der Waals surface area contributed by atoms with Gasteiger partial charge in [0.05, 0.1) is 5.41 Å². The molecule has 54 heavy (non-hydrogen) atoms. The minimum atomic E-state index is -0.573. The first-order valence-electron chi connectivity index (χ1n) is 18.8. The molecule has 0 N–H and O–H groups in total. The van der Waals surface area contributed by atoms with Crippen molar-refractivity contribution >= 4 is 21.5 Å². The second-order valence-corrected chi connectivity index (χ2v) is 15.1. The summed E-state index contributed by atoms with van der Waals surface area (Å²) < 4.78 is 19.6. The van der Waals surface area contributed by atoms with Crippen molar-refractivity contribution in [3.05, 3.63) is 201 Å². The summed E-state index contributed by atoms with van der Waals surface area (Å²) in [6.45, 7) is 9.49. The molecule has 0 atom stereocenters. The Hall–Kier alpha value is -6.32. The fraction of sp³-hybridized carbons (Fsp3) is 0.137. The van der Waals surface area contributed by atoms with E-state index in [0.717, 1.165) is 66.8 Å². The minimum absolute atomic E-state index is 0.493. The highest BCUT2D eigenvalue weighted by atomic mass is 16.5. The first-order valence-corrected chi connectivity index (χ1v) is 18.8. The molecular formula is C51H40O3. The van der Waals surface area contributed by atoms with Gasteiger partial charge in [-0.1, -0.05) is 84.9 Å². The number of ether oxygens (including phenoxy) is 3. The lowest BCUT2D eigenvalue weighted by molar-refractivity contribution is 0.306. The van der Waals surface area contributed by atoms with Crippen LogP contribution in [0.1, 0.15) is 55.6 Å². The van der Waals surface area contributed by atoms with Crippen LogP contribution in [-0.4, -0.2) is 0 Å². The Morgan fingerprint density at radius 3 is 1.33 bits per heavy atom. The number of hydrogen-bond acceptors (Lipinski definition) is 3. The van der Waals surface area contributed by atoms with Crippen LogP contribution in [0.15, 0.2) is 146 Å². The second-order valence-electron chi connectivity index (χ2n) is 15.1. The number of hydrogen-bond donors (Lipinski definition) is 0. The molecule has 262 valence electrons. The van der Waals surface area contributed by atoms with Gasteiger partial charge in [-0.05, 0) is 166 Å². The maximum absolute atomic E-state index is 6.97. The molecule has 0 fully saturated rings. The van der Waals surface area contributed by atoms with Crippen LogP contribution in [0.4, 0.5) is 0 Å². The van der Waals surface area contributed by atoms with E-state index < -0.39 is 5.41 Å². The summed E-state index contributed by atoms with van der Waals surface area (Å²) in [5.41, 5.74) is 14.1. The molecule has 0 amide bonds. The van der Waals surface area contributed by atoms with Gasteiger partial charge >= 0.3 is 0 Å². The zero-order valence-electron chi connectivity index (χ0n) is 31.0. The quantitative estimate of drug-likeness (QED) is 0.173. The third-order valence-electron chi connectivity index (χ3n) is 11.8. The Labute approximate surface area is 316 Å². The molecule has 10 rings (SSSR count). The largest absolute Gasteiger partial charge is 0.489 e. The van der Waals surface area contributed by atoms with E-state index in [2.05, 4.69) is 173 Å². The first-order chi connectivity index (χ1) is 26.3. The van der Waals surface area contributed by atoms with Crippen LogP contribution in [0.25, 0.3) is 32.7 Å². The predicted octanol–water partition coefficient (Wildman–Crippen LogP) is 12.9. The SMILES string of the molecule is Cc1ccc(OCc2ccc3cc4c(cc3c2)C2(c3cc5cc(COc6ccc(C)c(C)c6)ccc5cc3O4)c3ccccc3-c3ccccc32)cc1C. The van der Waals surface area contributed by atoms with E-state index in [-0.39, 0.29) is 0 Å². The molecule has 0 unspecified atom stereocenters. The highest BCUT2D eigenvalue weighted by Gasteiger charge is 2.51. The molecule has 1 aliphatic heterocycles. The lowest BCUT2D eigenvalue weighted by Gasteiger charge is -2.40. The topological polar surface area (TPSA) is 27.7 Å². The van der Waals surface area contributed by atoms with Gasteiger partial charge < -0.3 is 14.2 Å². The molecule has 8 aromatic carbocycles. The third kappa shape index (κ3) is 5.10. The average molecular weight is 701 g/mol. The molecule has 2 aliphatic rings. The first kappa shape index (κ1) is 32.3. The van der Waals surface area contributed by atoms with E-state index in [1.807, 2.05) is 0 Å². The Morgan fingerprint density at radius 2 is 0.870 bits per heavy atom. The number of aryl methyl sites for hydroxylation is 4. The van der Waals surface area contributed by atoms with Gasteiger partial charge in [0.1, 0.15) is 36.2 Å². The number of benzene rings is 8. The summed E-state index contributed by atoms with van der Waals surface area (Å²) in [6, 6.07) is 52.8. The van der Waals surface area contributed by atoms with Gasteiger partial charge in [0.2, 0.25) is 0 Å². The predicted molar refractivity (Wildman–Crippen MR) is 219 cm³/mol. The zero-order chi connectivity index (χ0) is 36.6. The van der Waals surface area contributed by atoms with E-state index in [9.17, 15) is 0 Å². The monoisotopic (exact) mass is 700 g/mol. The van der Waals surface area contributed by atoms with Gasteiger partial charge in [-0.2, -0.15) is 0 Å². The van der Waals surface area contributed by atoms with Gasteiger partial charge in [-0.25, -0.2) is 0 Å². The van der Waals surface area contributed by atoms with Crippen molar-refractivity contribution in [3.8, 4) is 34.1 Å². The highest BCUT2D eigenvalue weighted by molar-refractivity contribution is 5.95. The molecule has 0 aromatic heterocycles. The smallest absolute Gasteiger partial charge is 0.132 e. The minimum Gasteiger partial charge on any atom is -0.489 e. The van der Waals surface area contributed by atoms with E-state index in [1.54, 1.807) is 0 Å². The molecule has 0 saturated heterocycles. The normalized spacial score (nSPS) is 13.3. The van der Waals surface area contributed by atoms with Gasteiger partial charge in [-0.15, -0.1) is 0 Å². The summed E-state index contributed by atoms with van der Waals surface area (Å²) >= 11 is 0. The number of fused-ring (bicyclic) bond motifs is 11. The molecule has 1 spiro atoms. The fourth-order valence-corrected chi connectivity index (χ4v) is 8.61. The van der Waals surface area contributed by atoms with Crippen LogP contribution in [-0.2, 0) is 18.6 Å². The van der Waals surface area contributed by atoms with Gasteiger partial charge in [0.25, 0.3) is 0 Å². The van der Waals surface area contributed by atoms with Gasteiger partial charge in [0.15, 0.2) is 0 Å². The van der Waals surface area contributed by atoms with Gasteiger partial charge in [0, 0.05) is 11.1 Å². The van der Waals surface area contributed by atoms with Crippen LogP contribution < -0.4 is 14.2 Å². The van der Waals surface area contributed by atoms with Crippen LogP contribution in [0.3, 0.4) is 0 Å². The Kier molecular flexibility index (Phi) is 7.42. The van der Waals surface area contributed by atoms with Crippen LogP contribution in [0, 0.1) is 27.7 Å². The highest BCUT2D eigenvalue weighted by Crippen LogP contribution is 2.62. The van der Waals surface area contributed by atoms with Crippen molar-refractivity contribution in [3.63, 3.8) is 0 Å². The third-order valence-corrected chi connectivity index (χ3v) is 11.8. The molecule has 8 aromatic rings. The fourth-order valence-electron chi connectivity index (χ4n) is 8.61. The summed E-state index contributed by atoms with van der Waals surface area (Å²) in [5.74, 6) is 3.55. The molecule has 0 bridgehead atoms. The lowest BCUT2D eigenvalue weighted by atomic mass is 9.65. The number of rotatable bonds is 6. The van der Waals surface area contributed by atoms with Crippen molar-refractivity contribution in [2.75, 3.05) is 0 Å². The average Bonchev–Trinajstić information content (AvgIpc) is 3.48. The Bertz CT molecular complexity index is 2620. The van der Waals surface area contributed by atoms with E-state index >= 15 is 0 Å². The van der Waals surface area contributed by atoms with Crippen molar-refractivity contribution in [2.45, 2.75) is 46.3 Å². The van der Waals surface area contributed by atoms with Crippen molar-refractivity contribution < 1.29 is 14.2 Å². The maximum Gasteiger partial charge on any atom is 0.132 e. The van der Waals surface area contributed by atoms with Crippen molar-refractivity contribution in [1.29, 1.82) is 0 Å².